The van der Waals surface area contributed by atoms with Crippen molar-refractivity contribution in [2.75, 3.05) is 31.1 Å². The van der Waals surface area contributed by atoms with Crippen molar-refractivity contribution < 1.29 is 8.78 Å². The lowest BCUT2D eigenvalue weighted by atomic mass is 10.2. The largest absolute Gasteiger partial charge is 0.370 e. The van der Waals surface area contributed by atoms with Crippen LogP contribution in [0.4, 0.5) is 14.5 Å². The highest BCUT2D eigenvalue weighted by atomic mass is 127. The minimum atomic E-state index is -0.269. The highest BCUT2D eigenvalue weighted by Gasteiger charge is 2.18. The average molecular weight is 458 g/mol. The predicted octanol–water partition coefficient (Wildman–Crippen LogP) is 3.22. The fourth-order valence-electron chi connectivity index (χ4n) is 2.75. The molecule has 1 saturated heterocycles. The van der Waals surface area contributed by atoms with Crippen LogP contribution in [0.1, 0.15) is 5.56 Å². The second kappa shape index (κ2) is 8.98. The summed E-state index contributed by atoms with van der Waals surface area (Å²) < 4.78 is 26.1. The highest BCUT2D eigenvalue weighted by molar-refractivity contribution is 14.0. The summed E-state index contributed by atoms with van der Waals surface area (Å²) in [6.07, 6.45) is 0. The smallest absolute Gasteiger partial charge is 0.191 e. The molecule has 25 heavy (non-hydrogen) atoms. The number of guanidine groups is 1. The van der Waals surface area contributed by atoms with Crippen LogP contribution in [0.2, 0.25) is 0 Å². The molecule has 0 aliphatic carbocycles. The van der Waals surface area contributed by atoms with Gasteiger partial charge in [-0.3, -0.25) is 0 Å². The van der Waals surface area contributed by atoms with Crippen molar-refractivity contribution in [1.82, 2.24) is 4.90 Å². The van der Waals surface area contributed by atoms with Crippen LogP contribution >= 0.6 is 24.0 Å². The Balaban J connectivity index is 0.00000225. The molecule has 3 rings (SSSR count). The van der Waals surface area contributed by atoms with E-state index in [2.05, 4.69) is 9.89 Å². The highest BCUT2D eigenvalue weighted by Crippen LogP contribution is 2.17. The zero-order valence-corrected chi connectivity index (χ0v) is 16.1. The normalized spacial score (nSPS) is 15.0. The van der Waals surface area contributed by atoms with Gasteiger partial charge < -0.3 is 15.5 Å². The Labute approximate surface area is 163 Å². The van der Waals surface area contributed by atoms with Gasteiger partial charge in [0.25, 0.3) is 0 Å². The number of hydrogen-bond acceptors (Lipinski definition) is 2. The summed E-state index contributed by atoms with van der Waals surface area (Å²) in [6, 6.07) is 12.9. The van der Waals surface area contributed by atoms with E-state index >= 15 is 0 Å². The number of hydrogen-bond donors (Lipinski definition) is 1. The molecule has 1 heterocycles. The third kappa shape index (κ3) is 5.29. The number of piperazine rings is 1. The lowest BCUT2D eigenvalue weighted by molar-refractivity contribution is 0.380. The minimum absolute atomic E-state index is 0. The monoisotopic (exact) mass is 458 g/mol. The van der Waals surface area contributed by atoms with Gasteiger partial charge in [-0.2, -0.15) is 0 Å². The molecule has 0 saturated carbocycles. The van der Waals surface area contributed by atoms with Crippen molar-refractivity contribution in [3.05, 3.63) is 65.7 Å². The molecular formula is C18H21F2IN4. The zero-order valence-electron chi connectivity index (χ0n) is 13.7. The van der Waals surface area contributed by atoms with Gasteiger partial charge in [-0.25, -0.2) is 13.8 Å². The zero-order chi connectivity index (χ0) is 16.9. The van der Waals surface area contributed by atoms with Gasteiger partial charge in [-0.1, -0.05) is 12.1 Å². The van der Waals surface area contributed by atoms with Crippen LogP contribution in [0.3, 0.4) is 0 Å². The van der Waals surface area contributed by atoms with Crippen molar-refractivity contribution in [2.24, 2.45) is 10.7 Å². The Morgan fingerprint density at radius 1 is 0.960 bits per heavy atom. The summed E-state index contributed by atoms with van der Waals surface area (Å²) in [5.74, 6) is -0.0293. The second-order valence-corrected chi connectivity index (χ2v) is 5.75. The summed E-state index contributed by atoms with van der Waals surface area (Å²) in [7, 11) is 0. The molecule has 134 valence electrons. The van der Waals surface area contributed by atoms with Crippen LogP contribution < -0.4 is 10.6 Å². The third-order valence-electron chi connectivity index (χ3n) is 4.11. The topological polar surface area (TPSA) is 44.9 Å². The van der Waals surface area contributed by atoms with Crippen LogP contribution in [0.5, 0.6) is 0 Å². The Hall–Kier alpha value is -1.90. The van der Waals surface area contributed by atoms with Crippen molar-refractivity contribution in [2.45, 2.75) is 6.54 Å². The lowest BCUT2D eigenvalue weighted by Gasteiger charge is -2.36. The van der Waals surface area contributed by atoms with Crippen molar-refractivity contribution in [3.8, 4) is 0 Å². The first-order chi connectivity index (χ1) is 11.6. The predicted molar refractivity (Wildman–Crippen MR) is 107 cm³/mol. The molecule has 2 aromatic rings. The standard InChI is InChI=1S/C18H20F2N4.HI/c19-15-4-6-17(7-5-15)23-8-10-24(11-9-23)18(21)22-13-14-2-1-3-16(20)12-14;/h1-7,12H,8-11,13H2,(H2,21,22);1H. The van der Waals surface area contributed by atoms with Gasteiger partial charge in [0.2, 0.25) is 0 Å². The minimum Gasteiger partial charge on any atom is -0.370 e. The molecule has 2 N–H and O–H groups in total. The summed E-state index contributed by atoms with van der Waals surface area (Å²) in [5.41, 5.74) is 7.85. The number of rotatable bonds is 3. The molecule has 1 aliphatic heterocycles. The van der Waals surface area contributed by atoms with Crippen LogP contribution in [0, 0.1) is 11.6 Å². The molecule has 4 nitrogen and oxygen atoms in total. The number of nitrogens with two attached hydrogens (primary N) is 1. The van der Waals surface area contributed by atoms with Gasteiger partial charge in [0, 0.05) is 31.9 Å². The van der Waals surface area contributed by atoms with E-state index in [0.717, 1.165) is 37.4 Å². The van der Waals surface area contributed by atoms with Gasteiger partial charge in [0.15, 0.2) is 5.96 Å². The fraction of sp³-hybridized carbons (Fsp3) is 0.278. The van der Waals surface area contributed by atoms with Crippen LogP contribution in [-0.2, 0) is 6.54 Å². The lowest BCUT2D eigenvalue weighted by Crippen LogP contribution is -2.51. The molecule has 0 radical (unpaired) electrons. The van der Waals surface area contributed by atoms with Crippen LogP contribution in [-0.4, -0.2) is 37.0 Å². The van der Waals surface area contributed by atoms with E-state index in [-0.39, 0.29) is 35.6 Å². The first-order valence-corrected chi connectivity index (χ1v) is 7.91. The van der Waals surface area contributed by atoms with Crippen molar-refractivity contribution >= 4 is 35.6 Å². The first-order valence-electron chi connectivity index (χ1n) is 7.91. The molecule has 0 aromatic heterocycles. The van der Waals surface area contributed by atoms with Crippen molar-refractivity contribution in [1.29, 1.82) is 0 Å². The molecule has 0 amide bonds. The van der Waals surface area contributed by atoms with Crippen molar-refractivity contribution in [3.63, 3.8) is 0 Å². The van der Waals surface area contributed by atoms with E-state index in [1.165, 1.54) is 24.3 Å². The number of aliphatic imine (C=N–C) groups is 1. The molecule has 0 unspecified atom stereocenters. The third-order valence-corrected chi connectivity index (χ3v) is 4.11. The van der Waals surface area contributed by atoms with Gasteiger partial charge in [-0.15, -0.1) is 24.0 Å². The Morgan fingerprint density at radius 2 is 1.64 bits per heavy atom. The number of nitrogens with zero attached hydrogens (tertiary/aromatic N) is 3. The van der Waals surface area contributed by atoms with Crippen LogP contribution in [0.25, 0.3) is 0 Å². The van der Waals surface area contributed by atoms with E-state index in [1.807, 2.05) is 11.0 Å². The van der Waals surface area contributed by atoms with E-state index in [9.17, 15) is 8.78 Å². The van der Waals surface area contributed by atoms with Gasteiger partial charge in [-0.05, 0) is 42.0 Å². The van der Waals surface area contributed by atoms with E-state index in [1.54, 1.807) is 18.2 Å². The molecule has 2 aromatic carbocycles. The maximum absolute atomic E-state index is 13.2. The molecular weight excluding hydrogens is 437 g/mol. The molecule has 0 bridgehead atoms. The molecule has 0 spiro atoms. The number of benzene rings is 2. The second-order valence-electron chi connectivity index (χ2n) is 5.75. The summed E-state index contributed by atoms with van der Waals surface area (Å²) in [5, 5.41) is 0. The summed E-state index contributed by atoms with van der Waals surface area (Å²) >= 11 is 0. The number of halogens is 3. The fourth-order valence-corrected chi connectivity index (χ4v) is 2.75. The van der Waals surface area contributed by atoms with E-state index in [4.69, 9.17) is 5.73 Å². The summed E-state index contributed by atoms with van der Waals surface area (Å²) in [6.45, 7) is 3.44. The summed E-state index contributed by atoms with van der Waals surface area (Å²) in [4.78, 5) is 8.56. The average Bonchev–Trinajstić information content (AvgIpc) is 2.61. The van der Waals surface area contributed by atoms with Crippen LogP contribution in [0.15, 0.2) is 53.5 Å². The maximum Gasteiger partial charge on any atom is 0.191 e. The van der Waals surface area contributed by atoms with Gasteiger partial charge in [0.05, 0.1) is 6.54 Å². The molecule has 7 heteroatoms. The maximum atomic E-state index is 13.2. The Kier molecular flexibility index (Phi) is 6.98. The number of anilines is 1. The Bertz CT molecular complexity index is 713. The SMILES string of the molecule is I.NC(=NCc1cccc(F)c1)N1CCN(c2ccc(F)cc2)CC1. The quantitative estimate of drug-likeness (QED) is 0.437. The molecule has 0 atom stereocenters. The van der Waals surface area contributed by atoms with Gasteiger partial charge in [0.1, 0.15) is 11.6 Å². The molecule has 1 fully saturated rings. The van der Waals surface area contributed by atoms with E-state index in [0.29, 0.717) is 12.5 Å². The van der Waals surface area contributed by atoms with Gasteiger partial charge >= 0.3 is 0 Å². The van der Waals surface area contributed by atoms with E-state index < -0.39 is 0 Å². The Morgan fingerprint density at radius 3 is 2.28 bits per heavy atom. The molecule has 1 aliphatic rings. The first kappa shape index (κ1) is 19.4.